The average molecular weight is 258 g/mol. The van der Waals surface area contributed by atoms with Gasteiger partial charge in [-0.1, -0.05) is 0 Å². The minimum atomic E-state index is -0.440. The van der Waals surface area contributed by atoms with Crippen molar-refractivity contribution in [2.75, 3.05) is 24.7 Å². The molecule has 0 saturated carbocycles. The standard InChI is InChI=1S/C11H18N2O3S/c1-5-13-10-8(16-6(2)3)7(12)9(17-10)11(14)15-4/h6,13H,5,12H2,1-4H3. The van der Waals surface area contributed by atoms with Crippen molar-refractivity contribution in [1.29, 1.82) is 0 Å². The van der Waals surface area contributed by atoms with Crippen LogP contribution in [0.15, 0.2) is 0 Å². The number of carbonyl (C=O) groups is 1. The number of nitrogens with two attached hydrogens (primary N) is 1. The minimum Gasteiger partial charge on any atom is -0.486 e. The fourth-order valence-electron chi connectivity index (χ4n) is 1.30. The Balaban J connectivity index is 3.15. The molecular weight excluding hydrogens is 240 g/mol. The zero-order valence-corrected chi connectivity index (χ0v) is 11.3. The van der Waals surface area contributed by atoms with Crippen molar-refractivity contribution < 1.29 is 14.3 Å². The van der Waals surface area contributed by atoms with Gasteiger partial charge in [-0.25, -0.2) is 4.79 Å². The van der Waals surface area contributed by atoms with E-state index in [2.05, 4.69) is 10.1 Å². The van der Waals surface area contributed by atoms with E-state index in [0.717, 1.165) is 11.5 Å². The molecule has 1 aromatic rings. The normalized spacial score (nSPS) is 10.4. The molecule has 5 nitrogen and oxygen atoms in total. The molecule has 0 radical (unpaired) electrons. The molecule has 6 heteroatoms. The molecule has 3 N–H and O–H groups in total. The second kappa shape index (κ2) is 5.77. The third-order valence-corrected chi connectivity index (χ3v) is 3.09. The van der Waals surface area contributed by atoms with E-state index in [0.29, 0.717) is 16.3 Å². The van der Waals surface area contributed by atoms with Crippen LogP contribution in [-0.2, 0) is 4.74 Å². The number of methoxy groups -OCH3 is 1. The number of thiophene rings is 1. The van der Waals surface area contributed by atoms with Gasteiger partial charge in [0.2, 0.25) is 0 Å². The van der Waals surface area contributed by atoms with Crippen LogP contribution >= 0.6 is 11.3 Å². The monoisotopic (exact) mass is 258 g/mol. The Hall–Kier alpha value is -1.43. The number of ether oxygens (including phenoxy) is 2. The van der Waals surface area contributed by atoms with E-state index in [4.69, 9.17) is 10.5 Å². The molecule has 96 valence electrons. The molecule has 0 saturated heterocycles. The molecule has 0 spiro atoms. The Kier molecular flexibility index (Phi) is 4.62. The number of esters is 1. The zero-order chi connectivity index (χ0) is 13.0. The van der Waals surface area contributed by atoms with E-state index in [-0.39, 0.29) is 6.10 Å². The number of nitrogen functional groups attached to an aromatic ring is 1. The van der Waals surface area contributed by atoms with Crippen molar-refractivity contribution in [3.8, 4) is 5.75 Å². The number of hydrogen-bond acceptors (Lipinski definition) is 6. The highest BCUT2D eigenvalue weighted by molar-refractivity contribution is 7.19. The molecule has 17 heavy (non-hydrogen) atoms. The van der Waals surface area contributed by atoms with Crippen LogP contribution in [-0.4, -0.2) is 25.7 Å². The van der Waals surface area contributed by atoms with Gasteiger partial charge in [0.25, 0.3) is 0 Å². The highest BCUT2D eigenvalue weighted by Crippen LogP contribution is 2.43. The summed E-state index contributed by atoms with van der Waals surface area (Å²) < 4.78 is 10.3. The summed E-state index contributed by atoms with van der Waals surface area (Å²) in [6.07, 6.45) is -0.00481. The smallest absolute Gasteiger partial charge is 0.350 e. The summed E-state index contributed by atoms with van der Waals surface area (Å²) in [7, 11) is 1.33. The SMILES string of the molecule is CCNc1sc(C(=O)OC)c(N)c1OC(C)C. The second-order valence-corrected chi connectivity index (χ2v) is 4.71. The van der Waals surface area contributed by atoms with Crippen LogP contribution in [0.2, 0.25) is 0 Å². The lowest BCUT2D eigenvalue weighted by atomic mass is 10.3. The summed E-state index contributed by atoms with van der Waals surface area (Å²) in [6.45, 7) is 6.51. The fraction of sp³-hybridized carbons (Fsp3) is 0.545. The molecule has 0 atom stereocenters. The molecule has 0 aromatic carbocycles. The van der Waals surface area contributed by atoms with Gasteiger partial charge in [-0.05, 0) is 20.8 Å². The Morgan fingerprint density at radius 2 is 2.18 bits per heavy atom. The summed E-state index contributed by atoms with van der Waals surface area (Å²) in [6, 6.07) is 0. The Morgan fingerprint density at radius 1 is 1.53 bits per heavy atom. The van der Waals surface area contributed by atoms with E-state index in [9.17, 15) is 4.79 Å². The van der Waals surface area contributed by atoms with Crippen LogP contribution in [0, 0.1) is 0 Å². The Labute approximate surface area is 105 Å². The van der Waals surface area contributed by atoms with Gasteiger partial charge < -0.3 is 20.5 Å². The topological polar surface area (TPSA) is 73.6 Å². The lowest BCUT2D eigenvalue weighted by Gasteiger charge is -2.11. The molecule has 1 heterocycles. The van der Waals surface area contributed by atoms with Gasteiger partial charge in [0.15, 0.2) is 5.75 Å². The first-order valence-electron chi connectivity index (χ1n) is 5.42. The molecule has 0 aliphatic carbocycles. The van der Waals surface area contributed by atoms with Crippen molar-refractivity contribution in [3.63, 3.8) is 0 Å². The lowest BCUT2D eigenvalue weighted by Crippen LogP contribution is -2.09. The van der Waals surface area contributed by atoms with E-state index in [1.165, 1.54) is 18.4 Å². The number of nitrogens with one attached hydrogen (secondary N) is 1. The number of anilines is 2. The van der Waals surface area contributed by atoms with Crippen molar-refractivity contribution >= 4 is 28.0 Å². The largest absolute Gasteiger partial charge is 0.486 e. The van der Waals surface area contributed by atoms with Crippen LogP contribution in [0.5, 0.6) is 5.75 Å². The third-order valence-electron chi connectivity index (χ3n) is 1.96. The highest BCUT2D eigenvalue weighted by atomic mass is 32.1. The molecule has 0 bridgehead atoms. The predicted molar refractivity (Wildman–Crippen MR) is 70.0 cm³/mol. The maximum atomic E-state index is 11.5. The molecule has 0 unspecified atom stereocenters. The first kappa shape index (κ1) is 13.6. The highest BCUT2D eigenvalue weighted by Gasteiger charge is 2.23. The van der Waals surface area contributed by atoms with Gasteiger partial charge >= 0.3 is 5.97 Å². The third kappa shape index (κ3) is 3.03. The van der Waals surface area contributed by atoms with Crippen LogP contribution in [0.25, 0.3) is 0 Å². The number of hydrogen-bond donors (Lipinski definition) is 2. The summed E-state index contributed by atoms with van der Waals surface area (Å²) >= 11 is 1.25. The molecule has 0 amide bonds. The van der Waals surface area contributed by atoms with E-state index >= 15 is 0 Å². The van der Waals surface area contributed by atoms with Gasteiger partial charge in [0.1, 0.15) is 15.6 Å². The van der Waals surface area contributed by atoms with Crippen LogP contribution in [0.1, 0.15) is 30.4 Å². The second-order valence-electron chi connectivity index (χ2n) is 3.69. The summed E-state index contributed by atoms with van der Waals surface area (Å²) in [5.41, 5.74) is 6.24. The van der Waals surface area contributed by atoms with Crippen LogP contribution in [0.3, 0.4) is 0 Å². The molecule has 1 rings (SSSR count). The summed E-state index contributed by atoms with van der Waals surface area (Å²) in [5, 5.41) is 3.89. The van der Waals surface area contributed by atoms with E-state index in [1.54, 1.807) is 0 Å². The Morgan fingerprint density at radius 3 is 2.65 bits per heavy atom. The fourth-order valence-corrected chi connectivity index (χ4v) is 2.34. The lowest BCUT2D eigenvalue weighted by molar-refractivity contribution is 0.0607. The maximum absolute atomic E-state index is 11.5. The predicted octanol–water partition coefficient (Wildman–Crippen LogP) is 2.34. The van der Waals surface area contributed by atoms with Gasteiger partial charge in [-0.3, -0.25) is 0 Å². The van der Waals surface area contributed by atoms with E-state index < -0.39 is 5.97 Å². The van der Waals surface area contributed by atoms with Gasteiger partial charge in [0, 0.05) is 6.54 Å². The first-order valence-corrected chi connectivity index (χ1v) is 6.24. The molecule has 1 aromatic heterocycles. The molecule has 0 aliphatic heterocycles. The maximum Gasteiger partial charge on any atom is 0.350 e. The van der Waals surface area contributed by atoms with Crippen molar-refractivity contribution in [2.24, 2.45) is 0 Å². The number of carbonyl (C=O) groups excluding carboxylic acids is 1. The average Bonchev–Trinajstić information content (AvgIpc) is 2.57. The summed E-state index contributed by atoms with van der Waals surface area (Å²) in [5.74, 6) is 0.0949. The molecule has 0 aliphatic rings. The van der Waals surface area contributed by atoms with Crippen molar-refractivity contribution in [1.82, 2.24) is 0 Å². The van der Waals surface area contributed by atoms with Crippen molar-refractivity contribution in [3.05, 3.63) is 4.88 Å². The first-order chi connectivity index (χ1) is 8.01. The molecule has 0 fully saturated rings. The van der Waals surface area contributed by atoms with Crippen LogP contribution in [0.4, 0.5) is 10.7 Å². The van der Waals surface area contributed by atoms with E-state index in [1.807, 2.05) is 20.8 Å². The van der Waals surface area contributed by atoms with Crippen molar-refractivity contribution in [2.45, 2.75) is 26.9 Å². The van der Waals surface area contributed by atoms with Gasteiger partial charge in [0.05, 0.1) is 13.2 Å². The molecular formula is C11H18N2O3S. The van der Waals surface area contributed by atoms with Crippen LogP contribution < -0.4 is 15.8 Å². The Bertz CT molecular complexity index is 402. The summed E-state index contributed by atoms with van der Waals surface area (Å²) in [4.78, 5) is 11.9. The van der Waals surface area contributed by atoms with Gasteiger partial charge in [-0.2, -0.15) is 0 Å². The van der Waals surface area contributed by atoms with Gasteiger partial charge in [-0.15, -0.1) is 11.3 Å². The minimum absolute atomic E-state index is 0.00481. The number of rotatable bonds is 5. The zero-order valence-electron chi connectivity index (χ0n) is 10.5. The quantitative estimate of drug-likeness (QED) is 0.793.